The third kappa shape index (κ3) is 11.6. The number of carbonyl (C=O) groups excluding carboxylic acids is 2. The van der Waals surface area contributed by atoms with Crippen molar-refractivity contribution in [3.8, 4) is 0 Å². The number of fused-ring (bicyclic) bond motifs is 1. The Morgan fingerprint density at radius 1 is 0.881 bits per heavy atom. The number of benzene rings is 1. The summed E-state index contributed by atoms with van der Waals surface area (Å²) in [6, 6.07) is 9.73. The van der Waals surface area contributed by atoms with E-state index in [4.69, 9.17) is 9.47 Å². The number of esters is 1. The fourth-order valence-electron chi connectivity index (χ4n) is 6.81. The quantitative estimate of drug-likeness (QED) is 0.0850. The lowest BCUT2D eigenvalue weighted by atomic mass is 10.0. The molecule has 3 rings (SSSR count). The number of amides is 1. The Morgan fingerprint density at radius 2 is 1.52 bits per heavy atom. The number of unbranched alkanes of at least 4 members (excludes halogenated alkanes) is 10. The molecule has 2 fully saturated rings. The number of hydrogen-bond acceptors (Lipinski definition) is 5. The average molecular weight is 585 g/mol. The number of aryl methyl sites for hydroxylation is 1. The van der Waals surface area contributed by atoms with Gasteiger partial charge < -0.3 is 14.4 Å². The van der Waals surface area contributed by atoms with E-state index in [1.54, 1.807) is 0 Å². The second-order valence-electron chi connectivity index (χ2n) is 12.7. The zero-order valence-corrected chi connectivity index (χ0v) is 27.0. The molecular formula is C36H60N2O4. The van der Waals surface area contributed by atoms with Gasteiger partial charge in [0.1, 0.15) is 12.3 Å². The van der Waals surface area contributed by atoms with E-state index in [0.717, 1.165) is 57.8 Å². The van der Waals surface area contributed by atoms with E-state index in [-0.39, 0.29) is 24.1 Å². The molecule has 1 saturated heterocycles. The molecule has 0 aromatic heterocycles. The summed E-state index contributed by atoms with van der Waals surface area (Å²) < 4.78 is 12.1. The van der Waals surface area contributed by atoms with Gasteiger partial charge in [0.25, 0.3) is 0 Å². The molecule has 2 aliphatic rings. The van der Waals surface area contributed by atoms with Crippen LogP contribution >= 0.6 is 0 Å². The zero-order chi connectivity index (χ0) is 30.0. The third-order valence-corrected chi connectivity index (χ3v) is 9.27. The maximum absolute atomic E-state index is 14.0. The van der Waals surface area contributed by atoms with Crippen LogP contribution in [0, 0.1) is 5.92 Å². The Morgan fingerprint density at radius 3 is 2.21 bits per heavy atom. The van der Waals surface area contributed by atoms with E-state index in [0.29, 0.717) is 19.1 Å². The summed E-state index contributed by atoms with van der Waals surface area (Å²) in [5.74, 6) is 0.211. The fraction of sp³-hybridized carbons (Fsp3) is 0.778. The van der Waals surface area contributed by atoms with Crippen LogP contribution in [0.25, 0.3) is 0 Å². The van der Waals surface area contributed by atoms with E-state index in [2.05, 4.69) is 43.4 Å². The molecule has 1 aromatic rings. The Balaban J connectivity index is 1.55. The van der Waals surface area contributed by atoms with Crippen molar-refractivity contribution < 1.29 is 19.1 Å². The highest BCUT2D eigenvalue weighted by atomic mass is 16.5. The van der Waals surface area contributed by atoms with Crippen LogP contribution in [0.4, 0.5) is 0 Å². The lowest BCUT2D eigenvalue weighted by molar-refractivity contribution is -0.155. The first-order valence-corrected chi connectivity index (χ1v) is 17.5. The van der Waals surface area contributed by atoms with Gasteiger partial charge in [0.15, 0.2) is 0 Å². The summed E-state index contributed by atoms with van der Waals surface area (Å²) in [6.07, 6.45) is 19.7. The van der Waals surface area contributed by atoms with Crippen LogP contribution in [0.5, 0.6) is 0 Å². The van der Waals surface area contributed by atoms with Crippen molar-refractivity contribution in [2.45, 2.75) is 161 Å². The lowest BCUT2D eigenvalue weighted by Crippen LogP contribution is -2.54. The van der Waals surface area contributed by atoms with Gasteiger partial charge in [0, 0.05) is 12.6 Å². The molecule has 4 unspecified atom stereocenters. The molecule has 1 N–H and O–H groups in total. The largest absolute Gasteiger partial charge is 0.464 e. The van der Waals surface area contributed by atoms with Crippen molar-refractivity contribution in [3.63, 3.8) is 0 Å². The third-order valence-electron chi connectivity index (χ3n) is 9.27. The van der Waals surface area contributed by atoms with Crippen molar-refractivity contribution >= 4 is 11.9 Å². The lowest BCUT2D eigenvalue weighted by Gasteiger charge is -2.33. The summed E-state index contributed by atoms with van der Waals surface area (Å²) in [5.41, 5.74) is 1.27. The summed E-state index contributed by atoms with van der Waals surface area (Å²) in [7, 11) is 0. The molecule has 42 heavy (non-hydrogen) atoms. The van der Waals surface area contributed by atoms with Gasteiger partial charge in [-0.3, -0.25) is 10.1 Å². The Bertz CT molecular complexity index is 878. The summed E-state index contributed by atoms with van der Waals surface area (Å²) in [6.45, 7) is 7.55. The smallest absolute Gasteiger partial charge is 0.328 e. The minimum atomic E-state index is -0.455. The SMILES string of the molecule is CCCCCCCCOC(=O)C1CC2CCCC2N1C(=O)[C@H](C)NC(CCc1ccccc1)OCCCCCCCC. The number of nitrogens with zero attached hydrogens (tertiary/aromatic N) is 1. The van der Waals surface area contributed by atoms with Crippen LogP contribution in [-0.2, 0) is 25.5 Å². The van der Waals surface area contributed by atoms with Gasteiger partial charge in [0.2, 0.25) is 5.91 Å². The Hall–Kier alpha value is -1.92. The van der Waals surface area contributed by atoms with Crippen molar-refractivity contribution in [1.82, 2.24) is 10.2 Å². The van der Waals surface area contributed by atoms with Crippen LogP contribution in [-0.4, -0.2) is 54.3 Å². The molecule has 0 spiro atoms. The van der Waals surface area contributed by atoms with Crippen LogP contribution in [0.1, 0.15) is 135 Å². The van der Waals surface area contributed by atoms with E-state index in [1.807, 2.05) is 17.9 Å². The number of nitrogens with one attached hydrogen (secondary N) is 1. The van der Waals surface area contributed by atoms with Gasteiger partial charge in [0.05, 0.1) is 12.6 Å². The molecule has 5 atom stereocenters. The molecule has 1 aromatic carbocycles. The number of ether oxygens (including phenoxy) is 2. The molecule has 1 aliphatic heterocycles. The Kier molecular flexibility index (Phi) is 16.6. The first-order valence-electron chi connectivity index (χ1n) is 17.5. The Labute approximate surface area is 256 Å². The van der Waals surface area contributed by atoms with Gasteiger partial charge in [-0.15, -0.1) is 0 Å². The summed E-state index contributed by atoms with van der Waals surface area (Å²) in [5, 5.41) is 3.53. The van der Waals surface area contributed by atoms with Crippen molar-refractivity contribution in [2.24, 2.45) is 5.92 Å². The molecule has 1 amide bonds. The zero-order valence-electron chi connectivity index (χ0n) is 27.0. The average Bonchev–Trinajstić information content (AvgIpc) is 3.60. The van der Waals surface area contributed by atoms with Crippen LogP contribution in [0.15, 0.2) is 30.3 Å². The molecule has 0 bridgehead atoms. The predicted octanol–water partition coefficient (Wildman–Crippen LogP) is 7.97. The monoisotopic (exact) mass is 584 g/mol. The van der Waals surface area contributed by atoms with Crippen LogP contribution in [0.3, 0.4) is 0 Å². The first-order chi connectivity index (χ1) is 20.5. The van der Waals surface area contributed by atoms with E-state index in [9.17, 15) is 9.59 Å². The van der Waals surface area contributed by atoms with Crippen molar-refractivity contribution in [1.29, 1.82) is 0 Å². The molecule has 238 valence electrons. The van der Waals surface area contributed by atoms with Crippen LogP contribution in [0.2, 0.25) is 0 Å². The van der Waals surface area contributed by atoms with E-state index in [1.165, 1.54) is 63.4 Å². The highest BCUT2D eigenvalue weighted by molar-refractivity contribution is 5.88. The normalized spacial score (nSPS) is 21.3. The summed E-state index contributed by atoms with van der Waals surface area (Å²) >= 11 is 0. The van der Waals surface area contributed by atoms with Crippen molar-refractivity contribution in [2.75, 3.05) is 13.2 Å². The molecule has 1 saturated carbocycles. The van der Waals surface area contributed by atoms with Crippen molar-refractivity contribution in [3.05, 3.63) is 35.9 Å². The standard InChI is InChI=1S/C36H60N2O4/c1-4-6-8-10-12-17-26-41-34(25-24-30-20-15-14-16-21-30)37-29(3)35(39)38-32-23-19-22-31(32)28-33(38)36(40)42-27-18-13-11-9-7-5-2/h14-16,20-21,29,31-34,37H,4-13,17-19,22-28H2,1-3H3/t29-,31?,32?,33?,34?/m0/s1. The second kappa shape index (κ2) is 20.1. The van der Waals surface area contributed by atoms with Gasteiger partial charge in [-0.1, -0.05) is 115 Å². The predicted molar refractivity (Wildman–Crippen MR) is 171 cm³/mol. The van der Waals surface area contributed by atoms with Crippen LogP contribution < -0.4 is 5.32 Å². The fourth-order valence-corrected chi connectivity index (χ4v) is 6.81. The molecule has 1 heterocycles. The highest BCUT2D eigenvalue weighted by Gasteiger charge is 2.50. The topological polar surface area (TPSA) is 67.9 Å². The van der Waals surface area contributed by atoms with E-state index < -0.39 is 12.1 Å². The maximum Gasteiger partial charge on any atom is 0.328 e. The molecule has 6 nitrogen and oxygen atoms in total. The maximum atomic E-state index is 14.0. The first kappa shape index (κ1) is 34.6. The number of likely N-dealkylation sites (tertiary alicyclic amines) is 1. The number of rotatable bonds is 22. The number of hydrogen-bond donors (Lipinski definition) is 1. The molecule has 6 heteroatoms. The van der Waals surface area contributed by atoms with Gasteiger partial charge in [-0.2, -0.15) is 0 Å². The van der Waals surface area contributed by atoms with E-state index >= 15 is 0 Å². The molecular weight excluding hydrogens is 524 g/mol. The summed E-state index contributed by atoms with van der Waals surface area (Å²) in [4.78, 5) is 29.1. The molecule has 0 radical (unpaired) electrons. The highest BCUT2D eigenvalue weighted by Crippen LogP contribution is 2.42. The van der Waals surface area contributed by atoms with Gasteiger partial charge in [-0.05, 0) is 63.4 Å². The number of carbonyl (C=O) groups is 2. The minimum absolute atomic E-state index is 0.0128. The van der Waals surface area contributed by atoms with Gasteiger partial charge >= 0.3 is 5.97 Å². The minimum Gasteiger partial charge on any atom is -0.464 e. The van der Waals surface area contributed by atoms with Gasteiger partial charge in [-0.25, -0.2) is 4.79 Å². The second-order valence-corrected chi connectivity index (χ2v) is 12.7. The molecule has 1 aliphatic carbocycles.